The van der Waals surface area contributed by atoms with E-state index in [4.69, 9.17) is 10.5 Å². The van der Waals surface area contributed by atoms with Gasteiger partial charge in [0.2, 0.25) is 17.7 Å². The Balaban J connectivity index is 1.69. The van der Waals surface area contributed by atoms with E-state index in [-0.39, 0.29) is 18.9 Å². The fraction of sp³-hybridized carbons (Fsp3) is 0.238. The molecule has 3 N–H and O–H groups in total. The second kappa shape index (κ2) is 6.73. The van der Waals surface area contributed by atoms with Crippen LogP contribution in [0.25, 0.3) is 0 Å². The van der Waals surface area contributed by atoms with Crippen molar-refractivity contribution in [2.45, 2.75) is 18.4 Å². The number of fused-ring (bicyclic) bond motifs is 1. The third kappa shape index (κ3) is 3.02. The van der Waals surface area contributed by atoms with E-state index in [1.54, 1.807) is 29.2 Å². The summed E-state index contributed by atoms with van der Waals surface area (Å²) in [6.45, 7) is 0.372. The zero-order valence-electron chi connectivity index (χ0n) is 15.7. The third-order valence-corrected chi connectivity index (χ3v) is 5.53. The van der Waals surface area contributed by atoms with Crippen molar-refractivity contribution in [3.8, 4) is 5.75 Å². The van der Waals surface area contributed by atoms with Crippen LogP contribution in [-0.4, -0.2) is 42.2 Å². The number of carbonyl (C=O) groups excluding carboxylic acids is 4. The van der Waals surface area contributed by atoms with Gasteiger partial charge in [0, 0.05) is 30.6 Å². The minimum Gasteiger partial charge on any atom is -0.497 e. The van der Waals surface area contributed by atoms with Crippen LogP contribution in [0, 0.1) is 0 Å². The minimum absolute atomic E-state index is 0.0380. The summed E-state index contributed by atoms with van der Waals surface area (Å²) in [5.74, 6) is -1.10. The van der Waals surface area contributed by atoms with E-state index in [1.165, 1.54) is 19.2 Å². The topological polar surface area (TPSA) is 119 Å². The summed E-state index contributed by atoms with van der Waals surface area (Å²) in [6, 6.07) is 11.5. The second-order valence-corrected chi connectivity index (χ2v) is 7.26. The Hall–Kier alpha value is -3.68. The first-order valence-electron chi connectivity index (χ1n) is 9.05. The molecule has 0 radical (unpaired) electrons. The first kappa shape index (κ1) is 18.7. The largest absolute Gasteiger partial charge is 0.497 e. The van der Waals surface area contributed by atoms with Crippen LogP contribution in [0.4, 0.5) is 0 Å². The molecule has 2 heterocycles. The molecule has 0 aliphatic carbocycles. The molecule has 0 saturated carbocycles. The number of imide groups is 1. The highest BCUT2D eigenvalue weighted by Crippen LogP contribution is 2.36. The molecule has 2 aliphatic rings. The number of hydrogen-bond acceptors (Lipinski definition) is 5. The standard InChI is InChI=1S/C21H19N3O5/c1-29-15-7-4-13-10-24(19(27)16(13)8-15)11-21(9-17(25)23-20(21)28)14-5-2-12(3-6-14)18(22)26/h2-8H,9-11H2,1H3,(H2,22,26)(H,23,25,28)/t21-/m1/s1. The van der Waals surface area contributed by atoms with Gasteiger partial charge in [-0.3, -0.25) is 24.5 Å². The number of ether oxygens (including phenoxy) is 1. The summed E-state index contributed by atoms with van der Waals surface area (Å²) in [5.41, 5.74) is 6.26. The van der Waals surface area contributed by atoms with Gasteiger partial charge in [-0.2, -0.15) is 0 Å². The van der Waals surface area contributed by atoms with E-state index in [9.17, 15) is 19.2 Å². The zero-order chi connectivity index (χ0) is 20.8. The van der Waals surface area contributed by atoms with Gasteiger partial charge >= 0.3 is 0 Å². The maximum absolute atomic E-state index is 13.0. The van der Waals surface area contributed by atoms with Crippen molar-refractivity contribution in [3.63, 3.8) is 0 Å². The SMILES string of the molecule is COc1ccc2c(c1)C(=O)N(C[C@@]1(c3ccc(C(N)=O)cc3)CC(=O)NC1=O)C2. The average Bonchev–Trinajstić information content (AvgIpc) is 3.17. The quantitative estimate of drug-likeness (QED) is 0.726. The third-order valence-electron chi connectivity index (χ3n) is 5.53. The molecule has 29 heavy (non-hydrogen) atoms. The Bertz CT molecular complexity index is 1050. The van der Waals surface area contributed by atoms with Gasteiger partial charge in [0.1, 0.15) is 11.2 Å². The van der Waals surface area contributed by atoms with Crippen LogP contribution in [0.5, 0.6) is 5.75 Å². The summed E-state index contributed by atoms with van der Waals surface area (Å²) >= 11 is 0. The van der Waals surface area contributed by atoms with Gasteiger partial charge in [-0.1, -0.05) is 18.2 Å². The van der Waals surface area contributed by atoms with Crippen LogP contribution in [0.1, 0.15) is 38.3 Å². The number of nitrogens with two attached hydrogens (primary N) is 1. The number of primary amides is 1. The first-order chi connectivity index (χ1) is 13.8. The first-order valence-corrected chi connectivity index (χ1v) is 9.05. The van der Waals surface area contributed by atoms with Crippen molar-refractivity contribution in [2.24, 2.45) is 5.73 Å². The number of rotatable bonds is 5. The maximum atomic E-state index is 13.0. The summed E-state index contributed by atoms with van der Waals surface area (Å²) in [7, 11) is 1.53. The number of amides is 4. The molecule has 0 spiro atoms. The van der Waals surface area contributed by atoms with Crippen molar-refractivity contribution >= 4 is 23.6 Å². The zero-order valence-corrected chi connectivity index (χ0v) is 15.7. The molecule has 148 valence electrons. The predicted molar refractivity (Wildman–Crippen MR) is 102 cm³/mol. The number of carbonyl (C=O) groups is 4. The van der Waals surface area contributed by atoms with Gasteiger partial charge in [-0.05, 0) is 35.4 Å². The van der Waals surface area contributed by atoms with Crippen molar-refractivity contribution in [1.29, 1.82) is 0 Å². The number of benzene rings is 2. The lowest BCUT2D eigenvalue weighted by Crippen LogP contribution is -2.46. The average molecular weight is 393 g/mol. The Kier molecular flexibility index (Phi) is 4.34. The number of hydrogen-bond donors (Lipinski definition) is 2. The molecule has 0 bridgehead atoms. The van der Waals surface area contributed by atoms with E-state index in [2.05, 4.69) is 5.32 Å². The van der Waals surface area contributed by atoms with Gasteiger partial charge in [0.15, 0.2) is 0 Å². The maximum Gasteiger partial charge on any atom is 0.254 e. The van der Waals surface area contributed by atoms with E-state index >= 15 is 0 Å². The van der Waals surface area contributed by atoms with E-state index in [1.807, 2.05) is 6.07 Å². The van der Waals surface area contributed by atoms with Gasteiger partial charge in [0.25, 0.3) is 5.91 Å². The van der Waals surface area contributed by atoms with Gasteiger partial charge < -0.3 is 15.4 Å². The fourth-order valence-electron chi connectivity index (χ4n) is 3.97. The van der Waals surface area contributed by atoms with Gasteiger partial charge in [-0.25, -0.2) is 0 Å². The van der Waals surface area contributed by atoms with E-state index < -0.39 is 23.1 Å². The molecule has 8 heteroatoms. The highest BCUT2D eigenvalue weighted by Gasteiger charge is 2.50. The van der Waals surface area contributed by atoms with E-state index in [0.717, 1.165) is 5.56 Å². The van der Waals surface area contributed by atoms with Crippen molar-refractivity contribution < 1.29 is 23.9 Å². The molecule has 1 saturated heterocycles. The monoisotopic (exact) mass is 393 g/mol. The summed E-state index contributed by atoms with van der Waals surface area (Å²) in [6.07, 6.45) is -0.0782. The molecule has 2 aliphatic heterocycles. The van der Waals surface area contributed by atoms with Crippen molar-refractivity contribution in [2.75, 3.05) is 13.7 Å². The highest BCUT2D eigenvalue weighted by atomic mass is 16.5. The number of methoxy groups -OCH3 is 1. The predicted octanol–water partition coefficient (Wildman–Crippen LogP) is 0.734. The smallest absolute Gasteiger partial charge is 0.254 e. The van der Waals surface area contributed by atoms with Crippen LogP contribution in [0.3, 0.4) is 0 Å². The Labute approximate surface area is 166 Å². The Morgan fingerprint density at radius 1 is 1.17 bits per heavy atom. The number of nitrogens with zero attached hydrogens (tertiary/aromatic N) is 1. The molecule has 8 nitrogen and oxygen atoms in total. The van der Waals surface area contributed by atoms with Gasteiger partial charge in [-0.15, -0.1) is 0 Å². The van der Waals surface area contributed by atoms with Crippen LogP contribution >= 0.6 is 0 Å². The van der Waals surface area contributed by atoms with Crippen molar-refractivity contribution in [1.82, 2.24) is 10.2 Å². The summed E-state index contributed by atoms with van der Waals surface area (Å²) in [4.78, 5) is 50.7. The minimum atomic E-state index is -1.23. The molecule has 4 rings (SSSR count). The Morgan fingerprint density at radius 2 is 1.90 bits per heavy atom. The molecular weight excluding hydrogens is 374 g/mol. The lowest BCUT2D eigenvalue weighted by Gasteiger charge is -2.31. The van der Waals surface area contributed by atoms with Crippen LogP contribution in [-0.2, 0) is 21.5 Å². The molecular formula is C21H19N3O5. The fourth-order valence-corrected chi connectivity index (χ4v) is 3.97. The summed E-state index contributed by atoms with van der Waals surface area (Å²) < 4.78 is 5.19. The molecule has 0 aromatic heterocycles. The highest BCUT2D eigenvalue weighted by molar-refractivity contribution is 6.10. The van der Waals surface area contributed by atoms with E-state index in [0.29, 0.717) is 29.0 Å². The number of nitrogens with one attached hydrogen (secondary N) is 1. The lowest BCUT2D eigenvalue weighted by molar-refractivity contribution is -0.126. The molecule has 4 amide bonds. The molecule has 2 aromatic rings. The molecule has 2 aromatic carbocycles. The van der Waals surface area contributed by atoms with Crippen LogP contribution in [0.2, 0.25) is 0 Å². The molecule has 1 atom stereocenters. The Morgan fingerprint density at radius 3 is 2.48 bits per heavy atom. The van der Waals surface area contributed by atoms with Crippen LogP contribution < -0.4 is 15.8 Å². The van der Waals surface area contributed by atoms with Crippen LogP contribution in [0.15, 0.2) is 42.5 Å². The lowest BCUT2D eigenvalue weighted by atomic mass is 9.78. The summed E-state index contributed by atoms with van der Waals surface area (Å²) in [5, 5.41) is 2.34. The second-order valence-electron chi connectivity index (χ2n) is 7.26. The molecule has 0 unspecified atom stereocenters. The van der Waals surface area contributed by atoms with Gasteiger partial charge in [0.05, 0.1) is 7.11 Å². The van der Waals surface area contributed by atoms with Crippen molar-refractivity contribution in [3.05, 3.63) is 64.7 Å². The normalized spacial score (nSPS) is 20.6. The molecule has 1 fully saturated rings.